The Hall–Kier alpha value is -1.28. The molecule has 0 atom stereocenters. The van der Waals surface area contributed by atoms with Crippen molar-refractivity contribution in [2.24, 2.45) is 5.84 Å². The average molecular weight is 273 g/mol. The van der Waals surface area contributed by atoms with Crippen LogP contribution in [0.1, 0.15) is 32.6 Å². The first kappa shape index (κ1) is 14.8. The molecule has 0 bridgehead atoms. The highest BCUT2D eigenvalue weighted by Gasteiger charge is 2.06. The largest absolute Gasteiger partial charge is 0.343 e. The van der Waals surface area contributed by atoms with E-state index in [1.165, 1.54) is 0 Å². The third-order valence-electron chi connectivity index (χ3n) is 2.48. The fourth-order valence-electron chi connectivity index (χ4n) is 1.49. The summed E-state index contributed by atoms with van der Waals surface area (Å²) in [4.78, 5) is 22.1. The van der Waals surface area contributed by atoms with Gasteiger partial charge in [-0.3, -0.25) is 14.8 Å². The third-order valence-corrected chi connectivity index (χ3v) is 3.54. The van der Waals surface area contributed by atoms with Gasteiger partial charge in [0.15, 0.2) is 5.16 Å². The first-order valence-electron chi connectivity index (χ1n) is 5.96. The second-order valence-corrected chi connectivity index (χ2v) is 4.84. The second-order valence-electron chi connectivity index (χ2n) is 3.78. The molecule has 0 spiro atoms. The lowest BCUT2D eigenvalue weighted by molar-refractivity contribution is -0.121. The molecule has 0 aromatic carbocycles. The zero-order valence-electron chi connectivity index (χ0n) is 10.4. The number of hydrazine groups is 1. The van der Waals surface area contributed by atoms with E-state index in [2.05, 4.69) is 15.6 Å². The Morgan fingerprint density at radius 1 is 1.50 bits per heavy atom. The number of nitrogens with zero attached hydrogens (tertiary/aromatic N) is 2. The molecule has 0 fully saturated rings. The van der Waals surface area contributed by atoms with Gasteiger partial charge < -0.3 is 0 Å². The summed E-state index contributed by atoms with van der Waals surface area (Å²) in [6, 6.07) is 0. The van der Waals surface area contributed by atoms with Crippen molar-refractivity contribution >= 4 is 17.7 Å². The Bertz CT molecular complexity index is 428. The lowest BCUT2D eigenvalue weighted by atomic mass is 10.2. The smallest absolute Gasteiger partial charge is 0.294 e. The normalized spacial score (nSPS) is 10.6. The van der Waals surface area contributed by atoms with Crippen molar-refractivity contribution in [3.05, 3.63) is 10.5 Å². The highest BCUT2D eigenvalue weighted by atomic mass is 32.2. The molecule has 1 aromatic rings. The quantitative estimate of drug-likeness (QED) is 0.207. The number of hydrogen-bond acceptors (Lipinski definition) is 5. The van der Waals surface area contributed by atoms with Crippen LogP contribution in [0.3, 0.4) is 0 Å². The van der Waals surface area contributed by atoms with E-state index in [0.717, 1.165) is 30.2 Å². The maximum Gasteiger partial charge on any atom is 0.343 e. The fraction of sp³-hybridized carbons (Fsp3) is 0.700. The minimum atomic E-state index is -0.167. The molecule has 0 radical (unpaired) electrons. The zero-order valence-corrected chi connectivity index (χ0v) is 11.3. The van der Waals surface area contributed by atoms with Crippen LogP contribution in [0.2, 0.25) is 0 Å². The first-order valence-corrected chi connectivity index (χ1v) is 6.95. The third kappa shape index (κ3) is 4.53. The summed E-state index contributed by atoms with van der Waals surface area (Å²) in [7, 11) is 0. The number of nitrogens with one attached hydrogen (secondary N) is 2. The van der Waals surface area contributed by atoms with Crippen molar-refractivity contribution in [1.29, 1.82) is 0 Å². The van der Waals surface area contributed by atoms with Crippen LogP contribution in [-0.2, 0) is 11.3 Å². The van der Waals surface area contributed by atoms with Gasteiger partial charge in [0.05, 0.1) is 0 Å². The summed E-state index contributed by atoms with van der Waals surface area (Å²) in [5.74, 6) is 5.73. The number of carbonyl (C=O) groups is 1. The molecule has 0 aliphatic carbocycles. The molecule has 7 nitrogen and oxygen atoms in total. The molecular formula is C10H19N5O2S. The molecule has 1 aromatic heterocycles. The van der Waals surface area contributed by atoms with E-state index < -0.39 is 0 Å². The van der Waals surface area contributed by atoms with E-state index in [9.17, 15) is 9.59 Å². The molecular weight excluding hydrogens is 254 g/mol. The number of unbranched alkanes of at least 4 members (excludes halogenated alkanes) is 2. The van der Waals surface area contributed by atoms with Gasteiger partial charge >= 0.3 is 5.69 Å². The van der Waals surface area contributed by atoms with Crippen LogP contribution in [0.4, 0.5) is 0 Å². The number of H-pyrrole nitrogens is 1. The number of amides is 1. The van der Waals surface area contributed by atoms with Crippen molar-refractivity contribution < 1.29 is 4.79 Å². The van der Waals surface area contributed by atoms with Gasteiger partial charge in [0.2, 0.25) is 5.91 Å². The minimum absolute atomic E-state index is 0.130. The zero-order chi connectivity index (χ0) is 13.4. The summed E-state index contributed by atoms with van der Waals surface area (Å²) >= 11 is 1.55. The van der Waals surface area contributed by atoms with E-state index in [1.54, 1.807) is 16.3 Å². The predicted molar refractivity (Wildman–Crippen MR) is 70.0 cm³/mol. The van der Waals surface area contributed by atoms with E-state index >= 15 is 0 Å². The van der Waals surface area contributed by atoms with Crippen molar-refractivity contribution in [2.75, 3.05) is 5.75 Å². The maximum atomic E-state index is 11.3. The SMILES string of the molecule is CCn1c(SCCCCCC(=O)NN)n[nH]c1=O. The Morgan fingerprint density at radius 3 is 2.94 bits per heavy atom. The van der Waals surface area contributed by atoms with E-state index in [1.807, 2.05) is 6.92 Å². The molecule has 1 amide bonds. The van der Waals surface area contributed by atoms with Gasteiger partial charge in [-0.15, -0.1) is 5.10 Å². The van der Waals surface area contributed by atoms with Gasteiger partial charge in [0.1, 0.15) is 0 Å². The van der Waals surface area contributed by atoms with Gasteiger partial charge in [-0.05, 0) is 19.8 Å². The van der Waals surface area contributed by atoms with Gasteiger partial charge in [0, 0.05) is 18.7 Å². The van der Waals surface area contributed by atoms with Crippen LogP contribution in [0, 0.1) is 0 Å². The number of rotatable bonds is 8. The van der Waals surface area contributed by atoms with Gasteiger partial charge in [0.25, 0.3) is 0 Å². The van der Waals surface area contributed by atoms with Crippen LogP contribution in [0.15, 0.2) is 9.95 Å². The molecule has 0 aliphatic rings. The summed E-state index contributed by atoms with van der Waals surface area (Å²) < 4.78 is 1.60. The Balaban J connectivity index is 2.18. The van der Waals surface area contributed by atoms with Crippen LogP contribution in [0.25, 0.3) is 0 Å². The van der Waals surface area contributed by atoms with E-state index in [-0.39, 0.29) is 11.6 Å². The highest BCUT2D eigenvalue weighted by molar-refractivity contribution is 7.99. The summed E-state index contributed by atoms with van der Waals surface area (Å²) in [6.07, 6.45) is 3.22. The van der Waals surface area contributed by atoms with Crippen LogP contribution in [-0.4, -0.2) is 26.4 Å². The number of thioether (sulfide) groups is 1. The van der Waals surface area contributed by atoms with Gasteiger partial charge in [-0.2, -0.15) is 0 Å². The molecule has 1 heterocycles. The highest BCUT2D eigenvalue weighted by Crippen LogP contribution is 2.15. The van der Waals surface area contributed by atoms with Gasteiger partial charge in [-0.25, -0.2) is 15.7 Å². The van der Waals surface area contributed by atoms with Crippen molar-refractivity contribution in [1.82, 2.24) is 20.2 Å². The minimum Gasteiger partial charge on any atom is -0.294 e. The van der Waals surface area contributed by atoms with Crippen molar-refractivity contribution in [2.45, 2.75) is 44.3 Å². The molecule has 0 saturated heterocycles. The van der Waals surface area contributed by atoms with Crippen LogP contribution >= 0.6 is 11.8 Å². The summed E-state index contributed by atoms with van der Waals surface area (Å²) in [5, 5.41) is 7.11. The lowest BCUT2D eigenvalue weighted by Gasteiger charge is -2.02. The lowest BCUT2D eigenvalue weighted by Crippen LogP contribution is -2.29. The fourth-order valence-corrected chi connectivity index (χ4v) is 2.50. The number of nitrogens with two attached hydrogens (primary N) is 1. The second kappa shape index (κ2) is 7.93. The van der Waals surface area contributed by atoms with Crippen molar-refractivity contribution in [3.63, 3.8) is 0 Å². The molecule has 102 valence electrons. The topological polar surface area (TPSA) is 106 Å². The monoisotopic (exact) mass is 273 g/mol. The standard InChI is InChI=1S/C10H19N5O2S/c1-2-15-9(17)13-14-10(15)18-7-5-3-4-6-8(16)12-11/h2-7,11H2,1H3,(H,12,16)(H,13,17). The maximum absolute atomic E-state index is 11.3. The van der Waals surface area contributed by atoms with Gasteiger partial charge in [-0.1, -0.05) is 18.2 Å². The molecule has 0 unspecified atom stereocenters. The molecule has 4 N–H and O–H groups in total. The van der Waals surface area contributed by atoms with Crippen molar-refractivity contribution in [3.8, 4) is 0 Å². The number of aromatic amines is 1. The summed E-state index contributed by atoms with van der Waals surface area (Å²) in [6.45, 7) is 2.53. The molecule has 0 aliphatic heterocycles. The molecule has 0 saturated carbocycles. The number of carbonyl (C=O) groups excluding carboxylic acids is 1. The molecule has 1 rings (SSSR count). The number of aromatic nitrogens is 3. The number of hydrogen-bond donors (Lipinski definition) is 3. The molecule has 18 heavy (non-hydrogen) atoms. The predicted octanol–water partition coefficient (Wildman–Crippen LogP) is 0.234. The van der Waals surface area contributed by atoms with Crippen LogP contribution < -0.4 is 17.0 Å². The Morgan fingerprint density at radius 2 is 2.28 bits per heavy atom. The van der Waals surface area contributed by atoms with E-state index in [0.29, 0.717) is 13.0 Å². The van der Waals surface area contributed by atoms with Crippen LogP contribution in [0.5, 0.6) is 0 Å². The molecule has 8 heteroatoms. The first-order chi connectivity index (χ1) is 8.69. The summed E-state index contributed by atoms with van der Waals surface area (Å²) in [5.41, 5.74) is 1.94. The average Bonchev–Trinajstić information content (AvgIpc) is 2.73. The van der Waals surface area contributed by atoms with E-state index in [4.69, 9.17) is 5.84 Å². The Kier molecular flexibility index (Phi) is 6.51. The Labute approximate surface area is 109 Å².